The van der Waals surface area contributed by atoms with E-state index in [1.54, 1.807) is 4.68 Å². The van der Waals surface area contributed by atoms with E-state index in [0.29, 0.717) is 17.1 Å². The number of carbonyl (C=O) groups excluding carboxylic acids is 1. The van der Waals surface area contributed by atoms with Gasteiger partial charge in [0.2, 0.25) is 0 Å². The molecule has 2 heterocycles. The Bertz CT molecular complexity index is 740. The second-order valence-electron chi connectivity index (χ2n) is 5.94. The predicted octanol–water partition coefficient (Wildman–Crippen LogP) is 2.48. The summed E-state index contributed by atoms with van der Waals surface area (Å²) in [6.07, 6.45) is 0. The summed E-state index contributed by atoms with van der Waals surface area (Å²) in [5.41, 5.74) is 3.44. The summed E-state index contributed by atoms with van der Waals surface area (Å²) in [7, 11) is 1.87. The molecule has 5 nitrogen and oxygen atoms in total. The Kier molecular flexibility index (Phi) is 4.41. The van der Waals surface area contributed by atoms with Crippen LogP contribution in [0.3, 0.4) is 0 Å². The van der Waals surface area contributed by atoms with E-state index in [2.05, 4.69) is 10.4 Å². The van der Waals surface area contributed by atoms with Crippen molar-refractivity contribution in [1.29, 1.82) is 0 Å². The normalized spacial score (nSPS) is 18.3. The van der Waals surface area contributed by atoms with Crippen molar-refractivity contribution in [2.45, 2.75) is 19.9 Å². The summed E-state index contributed by atoms with van der Waals surface area (Å²) in [6, 6.07) is 7.71. The van der Waals surface area contributed by atoms with Gasteiger partial charge in [0.1, 0.15) is 0 Å². The van der Waals surface area contributed by atoms with E-state index >= 15 is 0 Å². The van der Waals surface area contributed by atoms with Crippen LogP contribution in [0.2, 0.25) is 5.02 Å². The fourth-order valence-electron chi connectivity index (χ4n) is 3.19. The number of aryl methyl sites for hydroxylation is 2. The van der Waals surface area contributed by atoms with Gasteiger partial charge in [0.05, 0.1) is 17.3 Å². The second kappa shape index (κ2) is 6.34. The van der Waals surface area contributed by atoms with Crippen LogP contribution in [0.4, 0.5) is 0 Å². The Balaban J connectivity index is 1.97. The molecule has 1 unspecified atom stereocenters. The minimum absolute atomic E-state index is 0.0195. The van der Waals surface area contributed by atoms with Gasteiger partial charge in [0.15, 0.2) is 0 Å². The molecule has 1 fully saturated rings. The van der Waals surface area contributed by atoms with Gasteiger partial charge in [-0.15, -0.1) is 0 Å². The van der Waals surface area contributed by atoms with Crippen LogP contribution in [-0.4, -0.2) is 40.2 Å². The summed E-state index contributed by atoms with van der Waals surface area (Å²) in [5, 5.41) is 8.43. The molecule has 0 bridgehead atoms. The lowest BCUT2D eigenvalue weighted by molar-refractivity contribution is 0.0632. The second-order valence-corrected chi connectivity index (χ2v) is 6.38. The van der Waals surface area contributed by atoms with Crippen LogP contribution in [0.15, 0.2) is 24.3 Å². The molecular formula is C17H21ClN4O. The van der Waals surface area contributed by atoms with Crippen molar-refractivity contribution in [3.8, 4) is 0 Å². The highest BCUT2D eigenvalue weighted by molar-refractivity contribution is 6.30. The molecule has 1 aliphatic heterocycles. The first-order chi connectivity index (χ1) is 11.0. The van der Waals surface area contributed by atoms with Crippen LogP contribution in [0, 0.1) is 13.8 Å². The summed E-state index contributed by atoms with van der Waals surface area (Å²) in [5.74, 6) is 0.0413. The van der Waals surface area contributed by atoms with Gasteiger partial charge in [-0.05, 0) is 31.5 Å². The third-order valence-electron chi connectivity index (χ3n) is 4.46. The molecule has 122 valence electrons. The fourth-order valence-corrected chi connectivity index (χ4v) is 3.38. The van der Waals surface area contributed by atoms with E-state index in [1.165, 1.54) is 0 Å². The third kappa shape index (κ3) is 2.99. The molecule has 1 aromatic carbocycles. The van der Waals surface area contributed by atoms with E-state index < -0.39 is 0 Å². The molecule has 6 heteroatoms. The lowest BCUT2D eigenvalue weighted by Gasteiger charge is -2.36. The quantitative estimate of drug-likeness (QED) is 0.919. The summed E-state index contributed by atoms with van der Waals surface area (Å²) in [6.45, 7) is 6.01. The van der Waals surface area contributed by atoms with Gasteiger partial charge in [0.25, 0.3) is 5.91 Å². The van der Waals surface area contributed by atoms with Crippen LogP contribution in [0.1, 0.15) is 33.4 Å². The lowest BCUT2D eigenvalue weighted by atomic mass is 10.0. The van der Waals surface area contributed by atoms with Crippen LogP contribution in [0.5, 0.6) is 0 Å². The van der Waals surface area contributed by atoms with E-state index in [9.17, 15) is 4.79 Å². The topological polar surface area (TPSA) is 50.2 Å². The Hall–Kier alpha value is -1.85. The molecular weight excluding hydrogens is 312 g/mol. The Morgan fingerprint density at radius 1 is 1.39 bits per heavy atom. The van der Waals surface area contributed by atoms with E-state index in [-0.39, 0.29) is 11.9 Å². The number of hydrogen-bond acceptors (Lipinski definition) is 3. The van der Waals surface area contributed by atoms with Gasteiger partial charge in [-0.3, -0.25) is 9.48 Å². The number of nitrogens with one attached hydrogen (secondary N) is 1. The van der Waals surface area contributed by atoms with Gasteiger partial charge in [0, 0.05) is 37.4 Å². The molecule has 0 aliphatic carbocycles. The maximum atomic E-state index is 13.1. The zero-order valence-corrected chi connectivity index (χ0v) is 14.4. The lowest BCUT2D eigenvalue weighted by Crippen LogP contribution is -2.48. The molecule has 1 atom stereocenters. The molecule has 2 aromatic rings. The van der Waals surface area contributed by atoms with Crippen molar-refractivity contribution in [2.75, 3.05) is 19.6 Å². The first-order valence-electron chi connectivity index (χ1n) is 7.76. The number of amides is 1. The number of carbonyl (C=O) groups is 1. The van der Waals surface area contributed by atoms with E-state index in [4.69, 9.17) is 11.6 Å². The number of nitrogens with zero attached hydrogens (tertiary/aromatic N) is 3. The van der Waals surface area contributed by atoms with Crippen molar-refractivity contribution in [3.63, 3.8) is 0 Å². The molecule has 0 saturated carbocycles. The summed E-state index contributed by atoms with van der Waals surface area (Å²) in [4.78, 5) is 15.1. The first kappa shape index (κ1) is 16.0. The van der Waals surface area contributed by atoms with Gasteiger partial charge >= 0.3 is 0 Å². The Labute approximate surface area is 141 Å². The molecule has 1 saturated heterocycles. The Morgan fingerprint density at radius 3 is 2.83 bits per heavy atom. The predicted molar refractivity (Wildman–Crippen MR) is 90.8 cm³/mol. The number of halogens is 1. The van der Waals surface area contributed by atoms with Gasteiger partial charge < -0.3 is 10.2 Å². The standard InChI is InChI=1S/C17H21ClN4O/c1-11-16(12(2)21(3)20-11)17(23)22-8-7-19-10-15(22)13-5-4-6-14(18)9-13/h4-6,9,15,19H,7-8,10H2,1-3H3. The molecule has 0 radical (unpaired) electrons. The average Bonchev–Trinajstić information content (AvgIpc) is 2.79. The molecule has 1 amide bonds. The van der Waals surface area contributed by atoms with E-state index in [0.717, 1.165) is 30.0 Å². The highest BCUT2D eigenvalue weighted by atomic mass is 35.5. The molecule has 1 N–H and O–H groups in total. The van der Waals surface area contributed by atoms with Crippen molar-refractivity contribution in [1.82, 2.24) is 20.0 Å². The smallest absolute Gasteiger partial charge is 0.258 e. The number of benzene rings is 1. The van der Waals surface area contributed by atoms with Crippen LogP contribution >= 0.6 is 11.6 Å². The average molecular weight is 333 g/mol. The van der Waals surface area contributed by atoms with Crippen molar-refractivity contribution in [2.24, 2.45) is 7.05 Å². The zero-order chi connectivity index (χ0) is 16.6. The van der Waals surface area contributed by atoms with Gasteiger partial charge in [-0.25, -0.2) is 0 Å². The van der Waals surface area contributed by atoms with Crippen LogP contribution < -0.4 is 5.32 Å². The molecule has 23 heavy (non-hydrogen) atoms. The first-order valence-corrected chi connectivity index (χ1v) is 8.14. The van der Waals surface area contributed by atoms with Crippen molar-refractivity contribution in [3.05, 3.63) is 51.8 Å². The summed E-state index contributed by atoms with van der Waals surface area (Å²) >= 11 is 6.12. The number of hydrogen-bond donors (Lipinski definition) is 1. The van der Waals surface area contributed by atoms with Gasteiger partial charge in [-0.2, -0.15) is 5.10 Å². The fraction of sp³-hybridized carbons (Fsp3) is 0.412. The minimum Gasteiger partial charge on any atom is -0.329 e. The van der Waals surface area contributed by atoms with Crippen LogP contribution in [0.25, 0.3) is 0 Å². The molecule has 0 spiro atoms. The number of rotatable bonds is 2. The SMILES string of the molecule is Cc1nn(C)c(C)c1C(=O)N1CCNCC1c1cccc(Cl)c1. The molecule has 1 aliphatic rings. The third-order valence-corrected chi connectivity index (χ3v) is 4.70. The van der Waals surface area contributed by atoms with Gasteiger partial charge in [-0.1, -0.05) is 23.7 Å². The minimum atomic E-state index is -0.0195. The highest BCUT2D eigenvalue weighted by Gasteiger charge is 2.31. The van der Waals surface area contributed by atoms with Crippen molar-refractivity contribution < 1.29 is 4.79 Å². The van der Waals surface area contributed by atoms with E-state index in [1.807, 2.05) is 50.1 Å². The molecule has 1 aromatic heterocycles. The molecule has 3 rings (SSSR count). The van der Waals surface area contributed by atoms with Crippen LogP contribution in [-0.2, 0) is 7.05 Å². The Morgan fingerprint density at radius 2 is 2.17 bits per heavy atom. The highest BCUT2D eigenvalue weighted by Crippen LogP contribution is 2.27. The maximum Gasteiger partial charge on any atom is 0.258 e. The largest absolute Gasteiger partial charge is 0.329 e. The van der Waals surface area contributed by atoms with Crippen molar-refractivity contribution >= 4 is 17.5 Å². The zero-order valence-electron chi connectivity index (χ0n) is 13.6. The summed E-state index contributed by atoms with van der Waals surface area (Å²) < 4.78 is 1.76. The number of aromatic nitrogens is 2. The number of piperazine rings is 1. The maximum absolute atomic E-state index is 13.1. The monoisotopic (exact) mass is 332 g/mol.